The molecule has 0 bridgehead atoms. The van der Waals surface area contributed by atoms with Crippen molar-refractivity contribution in [3.05, 3.63) is 23.9 Å². The van der Waals surface area contributed by atoms with E-state index >= 15 is 0 Å². The van der Waals surface area contributed by atoms with Gasteiger partial charge in [0.05, 0.1) is 6.54 Å². The van der Waals surface area contributed by atoms with E-state index in [2.05, 4.69) is 27.5 Å². The standard InChI is InChI=1S/C19H32N4O2/c1-3-20-19(21-12-7-13-24-4-2)23-15-16-10-11-18(22-14-16)25-17-8-5-6-9-17/h10-11,14,17H,3-9,12-13,15H2,1-2H3,(H2,20,21,23). The number of hydrogen-bond donors (Lipinski definition) is 2. The molecule has 6 nitrogen and oxygen atoms in total. The van der Waals surface area contributed by atoms with Crippen LogP contribution in [0.15, 0.2) is 23.3 Å². The highest BCUT2D eigenvalue weighted by atomic mass is 16.5. The van der Waals surface area contributed by atoms with Crippen molar-refractivity contribution in [3.63, 3.8) is 0 Å². The van der Waals surface area contributed by atoms with Gasteiger partial charge in [-0.25, -0.2) is 9.98 Å². The van der Waals surface area contributed by atoms with E-state index in [1.807, 2.05) is 25.3 Å². The number of rotatable bonds is 10. The molecule has 1 saturated carbocycles. The molecule has 1 aromatic rings. The summed E-state index contributed by atoms with van der Waals surface area (Å²) in [5.74, 6) is 1.55. The van der Waals surface area contributed by atoms with Crippen molar-refractivity contribution < 1.29 is 9.47 Å². The minimum Gasteiger partial charge on any atom is -0.474 e. The summed E-state index contributed by atoms with van der Waals surface area (Å²) in [4.78, 5) is 9.02. The average Bonchev–Trinajstić information content (AvgIpc) is 3.13. The second-order valence-corrected chi connectivity index (χ2v) is 6.20. The maximum atomic E-state index is 5.90. The van der Waals surface area contributed by atoms with E-state index in [4.69, 9.17) is 9.47 Å². The zero-order valence-corrected chi connectivity index (χ0v) is 15.6. The molecule has 25 heavy (non-hydrogen) atoms. The van der Waals surface area contributed by atoms with Crippen LogP contribution in [0.25, 0.3) is 0 Å². The number of pyridine rings is 1. The van der Waals surface area contributed by atoms with Crippen LogP contribution < -0.4 is 15.4 Å². The molecule has 1 aliphatic rings. The van der Waals surface area contributed by atoms with Gasteiger partial charge in [0.25, 0.3) is 0 Å². The Morgan fingerprint density at radius 2 is 2.08 bits per heavy atom. The van der Waals surface area contributed by atoms with Crippen molar-refractivity contribution >= 4 is 5.96 Å². The first-order valence-corrected chi connectivity index (χ1v) is 9.53. The molecule has 1 heterocycles. The third-order valence-corrected chi connectivity index (χ3v) is 4.11. The molecule has 1 aromatic heterocycles. The number of nitrogens with one attached hydrogen (secondary N) is 2. The van der Waals surface area contributed by atoms with E-state index < -0.39 is 0 Å². The molecule has 140 valence electrons. The molecule has 1 aliphatic carbocycles. The van der Waals surface area contributed by atoms with Gasteiger partial charge in [0.1, 0.15) is 6.10 Å². The van der Waals surface area contributed by atoms with Gasteiger partial charge in [-0.05, 0) is 51.5 Å². The van der Waals surface area contributed by atoms with E-state index in [-0.39, 0.29) is 0 Å². The van der Waals surface area contributed by atoms with Crippen LogP contribution in [0.4, 0.5) is 0 Å². The summed E-state index contributed by atoms with van der Waals surface area (Å²) in [6, 6.07) is 3.99. The fraction of sp³-hybridized carbons (Fsp3) is 0.684. The molecule has 2 N–H and O–H groups in total. The van der Waals surface area contributed by atoms with Crippen molar-refractivity contribution in [2.45, 2.75) is 58.6 Å². The molecule has 2 rings (SSSR count). The van der Waals surface area contributed by atoms with Gasteiger partial charge in [-0.1, -0.05) is 6.07 Å². The fourth-order valence-corrected chi connectivity index (χ4v) is 2.79. The van der Waals surface area contributed by atoms with Crippen LogP contribution in [-0.4, -0.2) is 43.4 Å². The maximum absolute atomic E-state index is 5.90. The Kier molecular flexibility index (Phi) is 9.12. The third-order valence-electron chi connectivity index (χ3n) is 4.11. The SMILES string of the molecule is CCNC(=NCc1ccc(OC2CCCC2)nc1)NCCCOCC. The Bertz CT molecular complexity index is 499. The average molecular weight is 348 g/mol. The molecule has 0 aliphatic heterocycles. The molecule has 0 aromatic carbocycles. The van der Waals surface area contributed by atoms with Gasteiger partial charge in [0, 0.05) is 38.6 Å². The largest absolute Gasteiger partial charge is 0.474 e. The number of hydrogen-bond acceptors (Lipinski definition) is 4. The molecule has 0 atom stereocenters. The van der Waals surface area contributed by atoms with E-state index in [9.17, 15) is 0 Å². The number of aliphatic imine (C=N–C) groups is 1. The third kappa shape index (κ3) is 7.73. The number of ether oxygens (including phenoxy) is 2. The maximum Gasteiger partial charge on any atom is 0.213 e. The van der Waals surface area contributed by atoms with Crippen molar-refractivity contribution in [2.24, 2.45) is 4.99 Å². The van der Waals surface area contributed by atoms with Crippen LogP contribution in [0.2, 0.25) is 0 Å². The highest BCUT2D eigenvalue weighted by molar-refractivity contribution is 5.79. The first-order chi connectivity index (χ1) is 12.3. The Hall–Kier alpha value is -1.82. The molecule has 6 heteroatoms. The zero-order chi connectivity index (χ0) is 17.7. The number of guanidine groups is 1. The minimum atomic E-state index is 0.345. The molecular formula is C19H32N4O2. The Balaban J connectivity index is 1.77. The van der Waals surface area contributed by atoms with Crippen molar-refractivity contribution in [3.8, 4) is 5.88 Å². The summed E-state index contributed by atoms with van der Waals surface area (Å²) in [6.07, 6.45) is 7.99. The normalized spacial score (nSPS) is 15.4. The Morgan fingerprint density at radius 1 is 1.24 bits per heavy atom. The minimum absolute atomic E-state index is 0.345. The van der Waals surface area contributed by atoms with E-state index in [1.54, 1.807) is 0 Å². The molecule has 0 radical (unpaired) electrons. The van der Waals surface area contributed by atoms with Gasteiger partial charge in [-0.3, -0.25) is 0 Å². The predicted octanol–water partition coefficient (Wildman–Crippen LogP) is 2.88. The smallest absolute Gasteiger partial charge is 0.213 e. The van der Waals surface area contributed by atoms with E-state index in [0.717, 1.165) is 63.0 Å². The summed E-state index contributed by atoms with van der Waals surface area (Å²) < 4.78 is 11.2. The van der Waals surface area contributed by atoms with Crippen LogP contribution >= 0.6 is 0 Å². The molecule has 0 saturated heterocycles. The summed E-state index contributed by atoms with van der Waals surface area (Å²) >= 11 is 0. The van der Waals surface area contributed by atoms with Crippen LogP contribution in [0.3, 0.4) is 0 Å². The Labute approximate surface area is 151 Å². The van der Waals surface area contributed by atoms with Crippen molar-refractivity contribution in [1.29, 1.82) is 0 Å². The summed E-state index contributed by atoms with van der Waals surface area (Å²) in [5, 5.41) is 6.58. The lowest BCUT2D eigenvalue weighted by molar-refractivity contribution is 0.145. The monoisotopic (exact) mass is 348 g/mol. The van der Waals surface area contributed by atoms with Gasteiger partial charge in [-0.2, -0.15) is 0 Å². The first kappa shape index (κ1) is 19.5. The lowest BCUT2D eigenvalue weighted by Crippen LogP contribution is -2.38. The van der Waals surface area contributed by atoms with Gasteiger partial charge < -0.3 is 20.1 Å². The van der Waals surface area contributed by atoms with Crippen LogP contribution in [0.5, 0.6) is 5.88 Å². The topological polar surface area (TPSA) is 67.8 Å². The fourth-order valence-electron chi connectivity index (χ4n) is 2.79. The molecule has 1 fully saturated rings. The summed E-state index contributed by atoms with van der Waals surface area (Å²) in [6.45, 7) is 7.89. The quantitative estimate of drug-likeness (QED) is 0.387. The van der Waals surface area contributed by atoms with Gasteiger partial charge >= 0.3 is 0 Å². The Morgan fingerprint density at radius 3 is 2.76 bits per heavy atom. The van der Waals surface area contributed by atoms with Crippen molar-refractivity contribution in [1.82, 2.24) is 15.6 Å². The molecular weight excluding hydrogens is 316 g/mol. The van der Waals surface area contributed by atoms with Crippen LogP contribution in [-0.2, 0) is 11.3 Å². The first-order valence-electron chi connectivity index (χ1n) is 9.53. The van der Waals surface area contributed by atoms with Gasteiger partial charge in [-0.15, -0.1) is 0 Å². The number of nitrogens with zero attached hydrogens (tertiary/aromatic N) is 2. The number of aromatic nitrogens is 1. The van der Waals surface area contributed by atoms with Crippen LogP contribution in [0, 0.1) is 0 Å². The second kappa shape index (κ2) is 11.7. The molecule has 0 spiro atoms. The van der Waals surface area contributed by atoms with Gasteiger partial charge in [0.2, 0.25) is 5.88 Å². The lowest BCUT2D eigenvalue weighted by Gasteiger charge is -2.12. The molecule has 0 unspecified atom stereocenters. The van der Waals surface area contributed by atoms with E-state index in [1.165, 1.54) is 12.8 Å². The van der Waals surface area contributed by atoms with Crippen LogP contribution in [0.1, 0.15) is 51.5 Å². The van der Waals surface area contributed by atoms with Gasteiger partial charge in [0.15, 0.2) is 5.96 Å². The summed E-state index contributed by atoms with van der Waals surface area (Å²) in [5.41, 5.74) is 1.07. The van der Waals surface area contributed by atoms with Crippen molar-refractivity contribution in [2.75, 3.05) is 26.3 Å². The van der Waals surface area contributed by atoms with E-state index in [0.29, 0.717) is 12.6 Å². The highest BCUT2D eigenvalue weighted by Crippen LogP contribution is 2.22. The highest BCUT2D eigenvalue weighted by Gasteiger charge is 2.16. The predicted molar refractivity (Wildman–Crippen MR) is 101 cm³/mol. The summed E-state index contributed by atoms with van der Waals surface area (Å²) in [7, 11) is 0. The second-order valence-electron chi connectivity index (χ2n) is 6.20. The molecule has 0 amide bonds. The zero-order valence-electron chi connectivity index (χ0n) is 15.6. The lowest BCUT2D eigenvalue weighted by atomic mass is 10.3.